The average Bonchev–Trinajstić information content (AvgIpc) is 1.87. The zero-order valence-corrected chi connectivity index (χ0v) is 6.64. The molecule has 1 unspecified atom stereocenters. The van der Waals surface area contributed by atoms with Crippen molar-refractivity contribution in [1.82, 2.24) is 5.32 Å². The summed E-state index contributed by atoms with van der Waals surface area (Å²) in [6.07, 6.45) is 2.39. The lowest BCUT2D eigenvalue weighted by Gasteiger charge is -2.04. The van der Waals surface area contributed by atoms with Gasteiger partial charge < -0.3 is 16.2 Å². The van der Waals surface area contributed by atoms with Crippen molar-refractivity contribution in [3.05, 3.63) is 0 Å². The molecule has 0 spiro atoms. The van der Waals surface area contributed by atoms with Gasteiger partial charge >= 0.3 is 0 Å². The Morgan fingerprint density at radius 2 is 2.20 bits per heavy atom. The van der Waals surface area contributed by atoms with E-state index in [-0.39, 0.29) is 0 Å². The van der Waals surface area contributed by atoms with Gasteiger partial charge in [0.2, 0.25) is 0 Å². The van der Waals surface area contributed by atoms with E-state index in [1.165, 1.54) is 12.8 Å². The summed E-state index contributed by atoms with van der Waals surface area (Å²) in [5.41, 5.74) is 5.12. The predicted molar refractivity (Wildman–Crippen MR) is 42.6 cm³/mol. The van der Waals surface area contributed by atoms with Crippen molar-refractivity contribution >= 4 is 0 Å². The SMILES string of the molecule is CCCCNCCC(N)O. The Hall–Kier alpha value is -0.120. The van der Waals surface area contributed by atoms with Gasteiger partial charge in [-0.2, -0.15) is 0 Å². The van der Waals surface area contributed by atoms with Gasteiger partial charge in [0.25, 0.3) is 0 Å². The lowest BCUT2D eigenvalue weighted by molar-refractivity contribution is 0.171. The zero-order chi connectivity index (χ0) is 7.82. The van der Waals surface area contributed by atoms with Crippen LogP contribution in [0.2, 0.25) is 0 Å². The Morgan fingerprint density at radius 1 is 1.50 bits per heavy atom. The third kappa shape index (κ3) is 7.88. The van der Waals surface area contributed by atoms with Gasteiger partial charge in [0.15, 0.2) is 0 Å². The Morgan fingerprint density at radius 3 is 2.70 bits per heavy atom. The first-order valence-electron chi connectivity index (χ1n) is 3.91. The molecule has 62 valence electrons. The fourth-order valence-electron chi connectivity index (χ4n) is 0.677. The maximum Gasteiger partial charge on any atom is 0.103 e. The van der Waals surface area contributed by atoms with Crippen LogP contribution < -0.4 is 11.1 Å². The fraction of sp³-hybridized carbons (Fsp3) is 1.00. The molecule has 0 aliphatic rings. The van der Waals surface area contributed by atoms with E-state index in [1.54, 1.807) is 0 Å². The minimum atomic E-state index is -0.658. The van der Waals surface area contributed by atoms with Gasteiger partial charge in [0, 0.05) is 0 Å². The maximum atomic E-state index is 8.65. The first-order chi connectivity index (χ1) is 4.77. The Kier molecular flexibility index (Phi) is 6.91. The Bertz CT molecular complexity index is 66.6. The van der Waals surface area contributed by atoms with Crippen molar-refractivity contribution in [2.24, 2.45) is 5.73 Å². The van der Waals surface area contributed by atoms with Crippen LogP contribution in [0.4, 0.5) is 0 Å². The molecule has 0 radical (unpaired) electrons. The first-order valence-corrected chi connectivity index (χ1v) is 3.91. The molecule has 0 bridgehead atoms. The predicted octanol–water partition coefficient (Wildman–Crippen LogP) is 0.0433. The standard InChI is InChI=1S/C7H18N2O/c1-2-3-5-9-6-4-7(8)10/h7,9-10H,2-6,8H2,1H3. The first kappa shape index (κ1) is 9.88. The molecule has 3 nitrogen and oxygen atoms in total. The highest BCUT2D eigenvalue weighted by Crippen LogP contribution is 1.83. The van der Waals surface area contributed by atoms with Crippen LogP contribution in [0, 0.1) is 0 Å². The van der Waals surface area contributed by atoms with Gasteiger partial charge in [-0.15, -0.1) is 0 Å². The third-order valence-electron chi connectivity index (χ3n) is 1.32. The summed E-state index contributed by atoms with van der Waals surface area (Å²) in [7, 11) is 0. The number of nitrogens with one attached hydrogen (secondary N) is 1. The Labute approximate surface area is 62.6 Å². The number of hydrogen-bond acceptors (Lipinski definition) is 3. The average molecular weight is 146 g/mol. The van der Waals surface area contributed by atoms with Gasteiger partial charge in [-0.1, -0.05) is 13.3 Å². The second-order valence-corrected chi connectivity index (χ2v) is 2.46. The second kappa shape index (κ2) is 6.99. The van der Waals surface area contributed by atoms with Crippen molar-refractivity contribution in [2.45, 2.75) is 32.4 Å². The molecular weight excluding hydrogens is 128 g/mol. The third-order valence-corrected chi connectivity index (χ3v) is 1.32. The second-order valence-electron chi connectivity index (χ2n) is 2.46. The van der Waals surface area contributed by atoms with Crippen LogP contribution in [0.25, 0.3) is 0 Å². The van der Waals surface area contributed by atoms with Crippen molar-refractivity contribution < 1.29 is 5.11 Å². The van der Waals surface area contributed by atoms with E-state index in [9.17, 15) is 0 Å². The molecule has 0 heterocycles. The van der Waals surface area contributed by atoms with Crippen LogP contribution >= 0.6 is 0 Å². The lowest BCUT2D eigenvalue weighted by atomic mass is 10.3. The quantitative estimate of drug-likeness (QED) is 0.366. The number of nitrogens with two attached hydrogens (primary N) is 1. The van der Waals surface area contributed by atoms with Gasteiger partial charge in [-0.25, -0.2) is 0 Å². The molecule has 0 aromatic heterocycles. The summed E-state index contributed by atoms with van der Waals surface area (Å²) >= 11 is 0. The minimum Gasteiger partial charge on any atom is -0.379 e. The normalized spacial score (nSPS) is 13.5. The molecule has 0 fully saturated rings. The molecule has 0 aliphatic heterocycles. The van der Waals surface area contributed by atoms with Gasteiger partial charge in [0.1, 0.15) is 6.23 Å². The highest BCUT2D eigenvalue weighted by molar-refractivity contribution is 4.50. The van der Waals surface area contributed by atoms with Crippen molar-refractivity contribution in [1.29, 1.82) is 0 Å². The molecule has 0 aliphatic carbocycles. The molecule has 10 heavy (non-hydrogen) atoms. The Balaban J connectivity index is 2.77. The van der Waals surface area contributed by atoms with Gasteiger partial charge in [0.05, 0.1) is 0 Å². The van der Waals surface area contributed by atoms with Crippen molar-refractivity contribution in [3.8, 4) is 0 Å². The number of unbranched alkanes of at least 4 members (excludes halogenated alkanes) is 1. The number of aliphatic hydroxyl groups excluding tert-OH is 1. The van der Waals surface area contributed by atoms with Gasteiger partial charge in [-0.05, 0) is 25.9 Å². The van der Waals surface area contributed by atoms with Crippen LogP contribution in [0.1, 0.15) is 26.2 Å². The molecule has 1 atom stereocenters. The topological polar surface area (TPSA) is 58.3 Å². The molecule has 0 aromatic rings. The number of rotatable bonds is 6. The van der Waals surface area contributed by atoms with Crippen LogP contribution in [-0.2, 0) is 0 Å². The van der Waals surface area contributed by atoms with E-state index in [0.717, 1.165) is 13.1 Å². The van der Waals surface area contributed by atoms with E-state index < -0.39 is 6.23 Å². The monoisotopic (exact) mass is 146 g/mol. The molecule has 0 saturated carbocycles. The molecular formula is C7H18N2O. The van der Waals surface area contributed by atoms with E-state index in [0.29, 0.717) is 6.42 Å². The number of hydrogen-bond donors (Lipinski definition) is 3. The fourth-order valence-corrected chi connectivity index (χ4v) is 0.677. The van der Waals surface area contributed by atoms with E-state index in [1.807, 2.05) is 0 Å². The van der Waals surface area contributed by atoms with E-state index >= 15 is 0 Å². The molecule has 0 amide bonds. The summed E-state index contributed by atoms with van der Waals surface area (Å²) in [5, 5.41) is 11.8. The molecule has 4 N–H and O–H groups in total. The van der Waals surface area contributed by atoms with Crippen molar-refractivity contribution in [3.63, 3.8) is 0 Å². The van der Waals surface area contributed by atoms with E-state index in [4.69, 9.17) is 10.8 Å². The van der Waals surface area contributed by atoms with Gasteiger partial charge in [-0.3, -0.25) is 0 Å². The molecule has 0 aromatic carbocycles. The zero-order valence-electron chi connectivity index (χ0n) is 6.64. The van der Waals surface area contributed by atoms with Crippen LogP contribution in [-0.4, -0.2) is 24.4 Å². The summed E-state index contributed by atoms with van der Waals surface area (Å²) < 4.78 is 0. The molecule has 3 heteroatoms. The largest absolute Gasteiger partial charge is 0.379 e. The van der Waals surface area contributed by atoms with E-state index in [2.05, 4.69) is 12.2 Å². The minimum absolute atomic E-state index is 0.643. The lowest BCUT2D eigenvalue weighted by Crippen LogP contribution is -2.26. The van der Waals surface area contributed by atoms with Crippen LogP contribution in [0.15, 0.2) is 0 Å². The van der Waals surface area contributed by atoms with Crippen LogP contribution in [0.3, 0.4) is 0 Å². The summed E-state index contributed by atoms with van der Waals surface area (Å²) in [5.74, 6) is 0. The number of aliphatic hydroxyl groups is 1. The highest BCUT2D eigenvalue weighted by Gasteiger charge is 1.92. The van der Waals surface area contributed by atoms with Crippen molar-refractivity contribution in [2.75, 3.05) is 13.1 Å². The molecule has 0 saturated heterocycles. The summed E-state index contributed by atoms with van der Waals surface area (Å²) in [4.78, 5) is 0. The highest BCUT2D eigenvalue weighted by atomic mass is 16.3. The maximum absolute atomic E-state index is 8.65. The van der Waals surface area contributed by atoms with Crippen LogP contribution in [0.5, 0.6) is 0 Å². The summed E-state index contributed by atoms with van der Waals surface area (Å²) in [6, 6.07) is 0. The molecule has 0 rings (SSSR count). The smallest absolute Gasteiger partial charge is 0.103 e. The summed E-state index contributed by atoms with van der Waals surface area (Å²) in [6.45, 7) is 4.00.